The standard InChI is InChI=1S/C12H16N4O3/c1-7(8-2-3-8)11(17)15-4-9(5-15)16-6-10(12(18)19)13-14-16/h6-9H,2-5H2,1H3,(H,18,19). The molecule has 1 atom stereocenters. The van der Waals surface area contributed by atoms with Gasteiger partial charge in [-0.05, 0) is 18.8 Å². The zero-order valence-corrected chi connectivity index (χ0v) is 10.7. The number of carbonyl (C=O) groups excluding carboxylic acids is 1. The smallest absolute Gasteiger partial charge is 0.358 e. The van der Waals surface area contributed by atoms with Crippen molar-refractivity contribution >= 4 is 11.9 Å². The van der Waals surface area contributed by atoms with Crippen LogP contribution in [0.15, 0.2) is 6.20 Å². The Hall–Kier alpha value is -1.92. The summed E-state index contributed by atoms with van der Waals surface area (Å²) in [5.41, 5.74) is -0.0591. The molecule has 7 heteroatoms. The zero-order chi connectivity index (χ0) is 13.6. The molecule has 1 saturated heterocycles. The van der Waals surface area contributed by atoms with E-state index < -0.39 is 5.97 Å². The quantitative estimate of drug-likeness (QED) is 0.850. The summed E-state index contributed by atoms with van der Waals surface area (Å²) in [6.07, 6.45) is 3.74. The molecular formula is C12H16N4O3. The number of amides is 1. The molecule has 3 rings (SSSR count). The largest absolute Gasteiger partial charge is 0.476 e. The third kappa shape index (κ3) is 2.20. The maximum atomic E-state index is 12.1. The Balaban J connectivity index is 1.56. The number of hydrogen-bond acceptors (Lipinski definition) is 4. The number of aromatic nitrogens is 3. The second-order valence-corrected chi connectivity index (χ2v) is 5.41. The number of hydrogen-bond donors (Lipinski definition) is 1. The van der Waals surface area contributed by atoms with Gasteiger partial charge in [-0.2, -0.15) is 0 Å². The molecule has 1 aliphatic carbocycles. The van der Waals surface area contributed by atoms with E-state index in [0.29, 0.717) is 19.0 Å². The minimum Gasteiger partial charge on any atom is -0.476 e. The lowest BCUT2D eigenvalue weighted by Crippen LogP contribution is -2.52. The van der Waals surface area contributed by atoms with Crippen molar-refractivity contribution in [3.63, 3.8) is 0 Å². The number of carbonyl (C=O) groups is 2. The number of carboxylic acid groups (broad SMARTS) is 1. The van der Waals surface area contributed by atoms with Gasteiger partial charge in [0.2, 0.25) is 5.91 Å². The molecule has 1 aromatic heterocycles. The van der Waals surface area contributed by atoms with Crippen LogP contribution in [-0.4, -0.2) is 50.0 Å². The first-order valence-electron chi connectivity index (χ1n) is 6.50. The summed E-state index contributed by atoms with van der Waals surface area (Å²) in [5.74, 6) is -0.194. The highest BCUT2D eigenvalue weighted by atomic mass is 16.4. The van der Waals surface area contributed by atoms with Crippen molar-refractivity contribution in [2.75, 3.05) is 13.1 Å². The predicted molar refractivity (Wildman–Crippen MR) is 64.5 cm³/mol. The van der Waals surface area contributed by atoms with Gasteiger partial charge < -0.3 is 10.0 Å². The van der Waals surface area contributed by atoms with E-state index >= 15 is 0 Å². The van der Waals surface area contributed by atoms with E-state index in [0.717, 1.165) is 12.8 Å². The van der Waals surface area contributed by atoms with E-state index in [-0.39, 0.29) is 23.6 Å². The average Bonchev–Trinajstić information content (AvgIpc) is 3.05. The first-order valence-corrected chi connectivity index (χ1v) is 6.50. The fourth-order valence-electron chi connectivity index (χ4n) is 2.44. The Labute approximate surface area is 110 Å². The Morgan fingerprint density at radius 2 is 2.11 bits per heavy atom. The lowest BCUT2D eigenvalue weighted by Gasteiger charge is -2.40. The van der Waals surface area contributed by atoms with Crippen molar-refractivity contribution in [2.24, 2.45) is 11.8 Å². The third-order valence-corrected chi connectivity index (χ3v) is 4.00. The Kier molecular flexibility index (Phi) is 2.76. The van der Waals surface area contributed by atoms with Gasteiger partial charge in [0.25, 0.3) is 0 Å². The highest BCUT2D eigenvalue weighted by molar-refractivity contribution is 5.84. The van der Waals surface area contributed by atoms with Gasteiger partial charge in [-0.15, -0.1) is 5.10 Å². The van der Waals surface area contributed by atoms with Crippen LogP contribution in [0.1, 0.15) is 36.3 Å². The summed E-state index contributed by atoms with van der Waals surface area (Å²) in [7, 11) is 0. The highest BCUT2D eigenvalue weighted by Crippen LogP contribution is 2.38. The summed E-state index contributed by atoms with van der Waals surface area (Å²) < 4.78 is 1.54. The topological polar surface area (TPSA) is 88.3 Å². The molecule has 1 saturated carbocycles. The van der Waals surface area contributed by atoms with E-state index in [9.17, 15) is 9.59 Å². The average molecular weight is 264 g/mol. The predicted octanol–water partition coefficient (Wildman–Crippen LogP) is 0.406. The van der Waals surface area contributed by atoms with E-state index in [1.165, 1.54) is 10.9 Å². The van der Waals surface area contributed by atoms with Gasteiger partial charge in [0.05, 0.1) is 12.2 Å². The Morgan fingerprint density at radius 3 is 2.63 bits per heavy atom. The molecule has 0 aromatic carbocycles. The second-order valence-electron chi connectivity index (χ2n) is 5.41. The molecule has 102 valence electrons. The fraction of sp³-hybridized carbons (Fsp3) is 0.667. The van der Waals surface area contributed by atoms with E-state index in [1.807, 2.05) is 11.8 Å². The first kappa shape index (κ1) is 12.1. The molecule has 1 aromatic rings. The van der Waals surface area contributed by atoms with Crippen LogP contribution in [-0.2, 0) is 4.79 Å². The molecule has 19 heavy (non-hydrogen) atoms. The van der Waals surface area contributed by atoms with Crippen LogP contribution in [0.2, 0.25) is 0 Å². The molecule has 2 fully saturated rings. The maximum Gasteiger partial charge on any atom is 0.358 e. The number of rotatable bonds is 4. The van der Waals surface area contributed by atoms with Gasteiger partial charge in [-0.1, -0.05) is 12.1 Å². The number of carboxylic acids is 1. The van der Waals surface area contributed by atoms with E-state index in [2.05, 4.69) is 10.3 Å². The van der Waals surface area contributed by atoms with Crippen LogP contribution in [0.3, 0.4) is 0 Å². The van der Waals surface area contributed by atoms with Crippen molar-refractivity contribution in [3.05, 3.63) is 11.9 Å². The molecule has 1 amide bonds. The lowest BCUT2D eigenvalue weighted by molar-refractivity contribution is -0.141. The first-order chi connectivity index (χ1) is 9.06. The number of likely N-dealkylation sites (tertiary alicyclic amines) is 1. The Morgan fingerprint density at radius 1 is 1.42 bits per heavy atom. The Bertz CT molecular complexity index is 517. The molecule has 1 N–H and O–H groups in total. The van der Waals surface area contributed by atoms with Crippen molar-refractivity contribution in [3.8, 4) is 0 Å². The molecule has 0 spiro atoms. The van der Waals surface area contributed by atoms with Crippen molar-refractivity contribution in [1.29, 1.82) is 0 Å². The molecule has 1 aliphatic heterocycles. The minimum atomic E-state index is -1.08. The minimum absolute atomic E-state index is 0.0518. The van der Waals surface area contributed by atoms with Gasteiger partial charge in [-0.25, -0.2) is 9.48 Å². The molecule has 0 radical (unpaired) electrons. The molecule has 2 aliphatic rings. The summed E-state index contributed by atoms with van der Waals surface area (Å²) in [6.45, 7) is 3.18. The van der Waals surface area contributed by atoms with Crippen molar-refractivity contribution in [1.82, 2.24) is 19.9 Å². The van der Waals surface area contributed by atoms with Gasteiger partial charge in [0.15, 0.2) is 5.69 Å². The van der Waals surface area contributed by atoms with Crippen LogP contribution in [0.25, 0.3) is 0 Å². The third-order valence-electron chi connectivity index (χ3n) is 4.00. The molecule has 2 heterocycles. The second kappa shape index (κ2) is 4.32. The monoisotopic (exact) mass is 264 g/mol. The van der Waals surface area contributed by atoms with E-state index in [1.54, 1.807) is 0 Å². The summed E-state index contributed by atoms with van der Waals surface area (Å²) in [4.78, 5) is 24.6. The van der Waals surface area contributed by atoms with Gasteiger partial charge in [-0.3, -0.25) is 4.79 Å². The van der Waals surface area contributed by atoms with Crippen LogP contribution < -0.4 is 0 Å². The lowest BCUT2D eigenvalue weighted by atomic mass is 10.0. The highest BCUT2D eigenvalue weighted by Gasteiger charge is 2.40. The van der Waals surface area contributed by atoms with Crippen molar-refractivity contribution in [2.45, 2.75) is 25.8 Å². The normalized spacial score (nSPS) is 21.0. The van der Waals surface area contributed by atoms with Crippen LogP contribution in [0, 0.1) is 11.8 Å². The van der Waals surface area contributed by atoms with E-state index in [4.69, 9.17) is 5.11 Å². The molecule has 7 nitrogen and oxygen atoms in total. The molecule has 1 unspecified atom stereocenters. The summed E-state index contributed by atoms with van der Waals surface area (Å²) >= 11 is 0. The van der Waals surface area contributed by atoms with Gasteiger partial charge in [0.1, 0.15) is 0 Å². The molecule has 0 bridgehead atoms. The number of nitrogens with zero attached hydrogens (tertiary/aromatic N) is 4. The van der Waals surface area contributed by atoms with Gasteiger partial charge in [0, 0.05) is 19.0 Å². The summed E-state index contributed by atoms with van der Waals surface area (Å²) in [5, 5.41) is 16.1. The maximum absolute atomic E-state index is 12.1. The van der Waals surface area contributed by atoms with Crippen LogP contribution in [0.4, 0.5) is 0 Å². The van der Waals surface area contributed by atoms with Crippen LogP contribution in [0.5, 0.6) is 0 Å². The SMILES string of the molecule is CC(C(=O)N1CC(n2cc(C(=O)O)nn2)C1)C1CC1. The van der Waals surface area contributed by atoms with Crippen LogP contribution >= 0.6 is 0 Å². The molecular weight excluding hydrogens is 248 g/mol. The van der Waals surface area contributed by atoms with Crippen molar-refractivity contribution < 1.29 is 14.7 Å². The zero-order valence-electron chi connectivity index (χ0n) is 10.7. The number of aromatic carboxylic acids is 1. The summed E-state index contributed by atoms with van der Waals surface area (Å²) in [6, 6.07) is 0.0518. The van der Waals surface area contributed by atoms with Gasteiger partial charge >= 0.3 is 5.97 Å². The fourth-order valence-corrected chi connectivity index (χ4v) is 2.44.